The molecule has 3 heteroatoms. The second-order valence-electron chi connectivity index (χ2n) is 8.70. The molecule has 0 saturated heterocycles. The number of fused-ring (bicyclic) bond motifs is 2. The lowest BCUT2D eigenvalue weighted by atomic mass is 9.84. The van der Waals surface area contributed by atoms with Crippen LogP contribution in [0.4, 0.5) is 0 Å². The summed E-state index contributed by atoms with van der Waals surface area (Å²) in [6.07, 6.45) is 4.01. The lowest BCUT2D eigenvalue weighted by molar-refractivity contribution is 0.0542. The van der Waals surface area contributed by atoms with Crippen LogP contribution in [0.1, 0.15) is 46.4 Å². The SMILES string of the molecule is O=C1c2ccc3c4cccc5cccc(c6ccc(c2c36)C(=O)N1C1CCCC1)c54. The number of hydrogen-bond donors (Lipinski definition) is 0. The van der Waals surface area contributed by atoms with E-state index in [1.54, 1.807) is 4.90 Å². The van der Waals surface area contributed by atoms with Crippen LogP contribution in [0.2, 0.25) is 0 Å². The Morgan fingerprint density at radius 1 is 0.600 bits per heavy atom. The van der Waals surface area contributed by atoms with Gasteiger partial charge in [-0.05, 0) is 62.7 Å². The van der Waals surface area contributed by atoms with Gasteiger partial charge in [-0.3, -0.25) is 14.5 Å². The van der Waals surface area contributed by atoms with Crippen molar-refractivity contribution >= 4 is 54.9 Å². The molecule has 7 rings (SSSR count). The molecule has 0 N–H and O–H groups in total. The van der Waals surface area contributed by atoms with Gasteiger partial charge in [0.15, 0.2) is 0 Å². The van der Waals surface area contributed by atoms with Gasteiger partial charge in [0.1, 0.15) is 0 Å². The molecule has 2 aliphatic rings. The number of rotatable bonds is 1. The summed E-state index contributed by atoms with van der Waals surface area (Å²) in [6.45, 7) is 0. The standard InChI is InChI=1S/C27H19NO2/c29-26-21-13-11-19-17-9-3-5-15-6-4-10-18(23(15)17)20-12-14-22(25(21)24(19)20)27(30)28(26)16-7-1-2-8-16/h3-6,9-14,16H,1-2,7-8H2. The highest BCUT2D eigenvalue weighted by atomic mass is 16.2. The zero-order valence-electron chi connectivity index (χ0n) is 16.4. The average molecular weight is 389 g/mol. The molecule has 1 aliphatic carbocycles. The van der Waals surface area contributed by atoms with Gasteiger partial charge in [0.25, 0.3) is 11.8 Å². The van der Waals surface area contributed by atoms with Crippen molar-refractivity contribution in [1.29, 1.82) is 0 Å². The Morgan fingerprint density at radius 2 is 1.13 bits per heavy atom. The molecule has 3 nitrogen and oxygen atoms in total. The summed E-state index contributed by atoms with van der Waals surface area (Å²) in [6, 6.07) is 20.8. The zero-order chi connectivity index (χ0) is 20.0. The first-order chi connectivity index (χ1) is 14.7. The van der Waals surface area contributed by atoms with Gasteiger partial charge in [-0.2, -0.15) is 0 Å². The van der Waals surface area contributed by atoms with Gasteiger partial charge in [0.05, 0.1) is 0 Å². The maximum Gasteiger partial charge on any atom is 0.261 e. The lowest BCUT2D eigenvalue weighted by Crippen LogP contribution is -2.46. The minimum atomic E-state index is -0.125. The fraction of sp³-hybridized carbons (Fsp3) is 0.185. The van der Waals surface area contributed by atoms with E-state index in [1.165, 1.54) is 21.5 Å². The van der Waals surface area contributed by atoms with E-state index < -0.39 is 0 Å². The molecule has 0 spiro atoms. The second-order valence-corrected chi connectivity index (χ2v) is 8.70. The molecule has 1 saturated carbocycles. The van der Waals surface area contributed by atoms with Gasteiger partial charge in [0, 0.05) is 22.6 Å². The summed E-state index contributed by atoms with van der Waals surface area (Å²) in [5.74, 6) is -0.250. The number of amides is 2. The van der Waals surface area contributed by atoms with Gasteiger partial charge in [-0.1, -0.05) is 61.4 Å². The number of hydrogen-bond acceptors (Lipinski definition) is 2. The number of imide groups is 1. The Bertz CT molecular complexity index is 1440. The van der Waals surface area contributed by atoms with Crippen molar-refractivity contribution in [1.82, 2.24) is 4.90 Å². The van der Waals surface area contributed by atoms with E-state index in [0.29, 0.717) is 11.1 Å². The monoisotopic (exact) mass is 389 g/mol. The van der Waals surface area contributed by atoms with Crippen LogP contribution in [0.25, 0.3) is 43.1 Å². The maximum atomic E-state index is 13.5. The highest BCUT2D eigenvalue weighted by Gasteiger charge is 2.39. The summed E-state index contributed by atoms with van der Waals surface area (Å²) in [4.78, 5) is 28.5. The fourth-order valence-corrected chi connectivity index (χ4v) is 5.94. The predicted octanol–water partition coefficient (Wildman–Crippen LogP) is 6.28. The average Bonchev–Trinajstić information content (AvgIpc) is 3.30. The first-order valence-corrected chi connectivity index (χ1v) is 10.7. The van der Waals surface area contributed by atoms with E-state index in [1.807, 2.05) is 12.1 Å². The van der Waals surface area contributed by atoms with Crippen LogP contribution in [0.5, 0.6) is 0 Å². The molecule has 5 aromatic carbocycles. The van der Waals surface area contributed by atoms with E-state index in [0.717, 1.165) is 47.2 Å². The van der Waals surface area contributed by atoms with Crippen molar-refractivity contribution in [3.8, 4) is 0 Å². The van der Waals surface area contributed by atoms with E-state index in [9.17, 15) is 9.59 Å². The summed E-state index contributed by atoms with van der Waals surface area (Å²) in [7, 11) is 0. The van der Waals surface area contributed by atoms with Crippen LogP contribution in [0, 0.1) is 0 Å². The van der Waals surface area contributed by atoms with Crippen molar-refractivity contribution in [2.75, 3.05) is 0 Å². The largest absolute Gasteiger partial charge is 0.271 e. The summed E-state index contributed by atoms with van der Waals surface area (Å²) in [5.41, 5.74) is 1.34. The predicted molar refractivity (Wildman–Crippen MR) is 120 cm³/mol. The van der Waals surface area contributed by atoms with Gasteiger partial charge in [-0.25, -0.2) is 0 Å². The third kappa shape index (κ3) is 1.86. The highest BCUT2D eigenvalue weighted by Crippen LogP contribution is 2.44. The van der Waals surface area contributed by atoms with Crippen LogP contribution in [-0.2, 0) is 0 Å². The molecular weight excluding hydrogens is 370 g/mol. The molecule has 0 aromatic heterocycles. The van der Waals surface area contributed by atoms with E-state index >= 15 is 0 Å². The smallest absolute Gasteiger partial charge is 0.261 e. The minimum Gasteiger partial charge on any atom is -0.271 e. The number of benzene rings is 5. The molecule has 1 fully saturated rings. The third-order valence-electron chi connectivity index (χ3n) is 7.23. The Labute approximate surface area is 173 Å². The van der Waals surface area contributed by atoms with Crippen LogP contribution in [0.3, 0.4) is 0 Å². The first-order valence-electron chi connectivity index (χ1n) is 10.7. The van der Waals surface area contributed by atoms with Crippen LogP contribution >= 0.6 is 0 Å². The molecule has 5 aromatic rings. The van der Waals surface area contributed by atoms with Crippen LogP contribution < -0.4 is 0 Å². The van der Waals surface area contributed by atoms with Gasteiger partial charge >= 0.3 is 0 Å². The molecular formula is C27H19NO2. The first kappa shape index (κ1) is 16.3. The molecule has 0 unspecified atom stereocenters. The van der Waals surface area contributed by atoms with Crippen LogP contribution in [0.15, 0.2) is 60.7 Å². The number of nitrogens with zero attached hydrogens (tertiary/aromatic N) is 1. The van der Waals surface area contributed by atoms with Crippen molar-refractivity contribution < 1.29 is 9.59 Å². The van der Waals surface area contributed by atoms with Crippen molar-refractivity contribution in [2.24, 2.45) is 0 Å². The minimum absolute atomic E-state index is 0.0370. The maximum absolute atomic E-state index is 13.5. The molecule has 1 heterocycles. The molecule has 0 radical (unpaired) electrons. The van der Waals surface area contributed by atoms with Gasteiger partial charge < -0.3 is 0 Å². The number of carbonyl (C=O) groups is 2. The van der Waals surface area contributed by atoms with Crippen molar-refractivity contribution in [3.05, 3.63) is 71.8 Å². The molecule has 2 amide bonds. The lowest BCUT2D eigenvalue weighted by Gasteiger charge is -2.32. The second kappa shape index (κ2) is 5.57. The summed E-state index contributed by atoms with van der Waals surface area (Å²) < 4.78 is 0. The molecule has 0 bridgehead atoms. The summed E-state index contributed by atoms with van der Waals surface area (Å²) >= 11 is 0. The fourth-order valence-electron chi connectivity index (χ4n) is 5.94. The summed E-state index contributed by atoms with van der Waals surface area (Å²) in [5, 5.41) is 8.93. The van der Waals surface area contributed by atoms with Gasteiger partial charge in [-0.15, -0.1) is 0 Å². The van der Waals surface area contributed by atoms with Crippen molar-refractivity contribution in [3.63, 3.8) is 0 Å². The Balaban J connectivity index is 1.65. The van der Waals surface area contributed by atoms with Gasteiger partial charge in [0.2, 0.25) is 0 Å². The third-order valence-corrected chi connectivity index (χ3v) is 7.23. The highest BCUT2D eigenvalue weighted by molar-refractivity contribution is 6.38. The van der Waals surface area contributed by atoms with E-state index in [2.05, 4.69) is 48.5 Å². The molecule has 144 valence electrons. The quantitative estimate of drug-likeness (QED) is 0.192. The number of carbonyl (C=O) groups excluding carboxylic acids is 2. The molecule has 30 heavy (non-hydrogen) atoms. The molecule has 1 aliphatic heterocycles. The topological polar surface area (TPSA) is 37.4 Å². The van der Waals surface area contributed by atoms with Crippen molar-refractivity contribution in [2.45, 2.75) is 31.7 Å². The normalized spacial score (nSPS) is 17.4. The van der Waals surface area contributed by atoms with Crippen LogP contribution in [-0.4, -0.2) is 22.8 Å². The zero-order valence-corrected chi connectivity index (χ0v) is 16.4. The Kier molecular flexibility index (Phi) is 3.04. The van der Waals surface area contributed by atoms with E-state index in [4.69, 9.17) is 0 Å². The Hall–Kier alpha value is -3.46. The molecule has 0 atom stereocenters. The Morgan fingerprint density at radius 3 is 1.70 bits per heavy atom. The van der Waals surface area contributed by atoms with E-state index in [-0.39, 0.29) is 17.9 Å².